The highest BCUT2D eigenvalue weighted by Gasteiger charge is 2.37. The molecule has 2 aromatic carbocycles. The second-order valence-corrected chi connectivity index (χ2v) is 14.1. The molecule has 0 unspecified atom stereocenters. The van der Waals surface area contributed by atoms with E-state index in [-0.39, 0.29) is 70.5 Å². The number of nitrogens with zero attached hydrogens (tertiary/aromatic N) is 5. The predicted octanol–water partition coefficient (Wildman–Crippen LogP) is 7.06. The average Bonchev–Trinajstić information content (AvgIpc) is 3.90. The van der Waals surface area contributed by atoms with Gasteiger partial charge in [0.25, 0.3) is 0 Å². The van der Waals surface area contributed by atoms with E-state index in [1.165, 1.54) is 13.5 Å². The molecule has 0 bridgehead atoms. The molecule has 2 aliphatic rings. The molecule has 53 heavy (non-hydrogen) atoms. The first kappa shape index (κ1) is 43.3. The number of hydrogen-bond acceptors (Lipinski definition) is 8. The first-order chi connectivity index (χ1) is 24.0. The number of H-pyrrole nitrogens is 2. The number of imidazole rings is 2. The lowest BCUT2D eigenvalue weighted by Gasteiger charge is -2.27. The summed E-state index contributed by atoms with van der Waals surface area (Å²) in [5.74, 6) is 8.00. The Morgan fingerprint density at radius 3 is 2.23 bits per heavy atom. The largest absolute Gasteiger partial charge is 0.444 e. The second kappa shape index (κ2) is 18.8. The minimum absolute atomic E-state index is 0. The van der Waals surface area contributed by atoms with Gasteiger partial charge in [-0.15, -0.1) is 0 Å². The first-order valence-corrected chi connectivity index (χ1v) is 17.2. The molecule has 12 nitrogen and oxygen atoms in total. The predicted molar refractivity (Wildman–Crippen MR) is 221 cm³/mol. The Kier molecular flexibility index (Phi) is 15.3. The van der Waals surface area contributed by atoms with Crippen LogP contribution in [0.4, 0.5) is 4.79 Å². The smallest absolute Gasteiger partial charge is 0.410 e. The number of likely N-dealkylation sites (tertiary alicyclic amines) is 2. The molecule has 2 aromatic heterocycles. The van der Waals surface area contributed by atoms with Crippen molar-refractivity contribution in [3.63, 3.8) is 0 Å². The van der Waals surface area contributed by atoms with Crippen LogP contribution in [0.5, 0.6) is 0 Å². The normalized spacial score (nSPS) is 17.5. The molecule has 0 spiro atoms. The van der Waals surface area contributed by atoms with Crippen LogP contribution in [0.2, 0.25) is 0 Å². The van der Waals surface area contributed by atoms with Crippen LogP contribution in [0, 0.1) is 17.8 Å². The molecule has 6 rings (SSSR count). The number of aliphatic imine (C=N–C) groups is 1. The Labute approximate surface area is 332 Å². The van der Waals surface area contributed by atoms with Gasteiger partial charge in [-0.05, 0) is 88.3 Å². The van der Waals surface area contributed by atoms with Gasteiger partial charge in [-0.3, -0.25) is 9.69 Å². The number of carbonyl (C=O) groups is 2. The summed E-state index contributed by atoms with van der Waals surface area (Å²) in [5.41, 5.74) is 4.75. The lowest BCUT2D eigenvalue weighted by Crippen LogP contribution is -2.40. The van der Waals surface area contributed by atoms with Crippen LogP contribution in [0.1, 0.15) is 95.2 Å². The standard InChI is InChI=1S/C38H45N7O5.3H2S/c1-24(2)33(40-23-49-48-6)36(46)44-19-7-10-32(44)35-41-28-18-15-26(21-29(28)42-35)12-11-25-13-16-27(17-14-25)30-22-39-34(43-30)31-9-8-20-45(31)37(47)50-38(3,4)5;;;/h13-18,21-24,31-33H,7-10,19-20H2,1-6H3,(H,39,43)(H,41,42);3*1H2/t31-,32-,33-;;;/m0.../s1. The van der Waals surface area contributed by atoms with Gasteiger partial charge in [0.15, 0.2) is 0 Å². The molecule has 4 heterocycles. The van der Waals surface area contributed by atoms with Gasteiger partial charge in [0, 0.05) is 24.2 Å². The summed E-state index contributed by atoms with van der Waals surface area (Å²) in [5, 5.41) is 0. The minimum atomic E-state index is -0.572. The zero-order chi connectivity index (χ0) is 35.4. The van der Waals surface area contributed by atoms with Crippen LogP contribution in [0.25, 0.3) is 22.3 Å². The highest BCUT2D eigenvalue weighted by atomic mass is 32.1. The number of benzene rings is 2. The summed E-state index contributed by atoms with van der Waals surface area (Å²) in [6.45, 7) is 10.9. The number of amides is 2. The summed E-state index contributed by atoms with van der Waals surface area (Å²) in [4.78, 5) is 60.0. The van der Waals surface area contributed by atoms with Crippen molar-refractivity contribution in [2.75, 3.05) is 20.2 Å². The van der Waals surface area contributed by atoms with E-state index in [1.54, 1.807) is 4.90 Å². The van der Waals surface area contributed by atoms with Crippen LogP contribution >= 0.6 is 40.5 Å². The Morgan fingerprint density at radius 1 is 0.925 bits per heavy atom. The third-order valence-corrected chi connectivity index (χ3v) is 8.94. The molecule has 2 aliphatic heterocycles. The molecule has 2 N–H and O–H groups in total. The van der Waals surface area contributed by atoms with E-state index in [2.05, 4.69) is 36.7 Å². The minimum Gasteiger partial charge on any atom is -0.444 e. The lowest BCUT2D eigenvalue weighted by atomic mass is 10.0. The summed E-state index contributed by atoms with van der Waals surface area (Å²) >= 11 is 0. The molecular formula is C38H51N7O5S3. The average molecular weight is 782 g/mol. The van der Waals surface area contributed by atoms with E-state index in [0.29, 0.717) is 13.1 Å². The van der Waals surface area contributed by atoms with Crippen molar-refractivity contribution >= 4 is 69.9 Å². The second-order valence-electron chi connectivity index (χ2n) is 14.1. The molecule has 2 saturated heterocycles. The van der Waals surface area contributed by atoms with Crippen molar-refractivity contribution in [3.05, 3.63) is 71.4 Å². The van der Waals surface area contributed by atoms with Gasteiger partial charge < -0.3 is 24.5 Å². The fourth-order valence-corrected chi connectivity index (χ4v) is 6.52. The number of rotatable bonds is 8. The molecule has 3 atom stereocenters. The van der Waals surface area contributed by atoms with E-state index < -0.39 is 11.6 Å². The van der Waals surface area contributed by atoms with Crippen LogP contribution in [0.15, 0.2) is 53.7 Å². The highest BCUT2D eigenvalue weighted by Crippen LogP contribution is 2.34. The Morgan fingerprint density at radius 2 is 1.57 bits per heavy atom. The maximum absolute atomic E-state index is 13.5. The van der Waals surface area contributed by atoms with E-state index in [1.807, 2.05) is 88.2 Å². The number of ether oxygens (including phenoxy) is 1. The van der Waals surface area contributed by atoms with Gasteiger partial charge >= 0.3 is 6.09 Å². The van der Waals surface area contributed by atoms with Gasteiger partial charge in [-0.2, -0.15) is 45.4 Å². The third-order valence-electron chi connectivity index (χ3n) is 8.94. The van der Waals surface area contributed by atoms with Crippen molar-refractivity contribution in [1.82, 2.24) is 29.7 Å². The summed E-state index contributed by atoms with van der Waals surface area (Å²) < 4.78 is 5.62. The number of nitrogens with one attached hydrogen (secondary N) is 2. The molecule has 0 saturated carbocycles. The summed E-state index contributed by atoms with van der Waals surface area (Å²) in [7, 11) is 1.39. The van der Waals surface area contributed by atoms with E-state index in [0.717, 1.165) is 70.7 Å². The SMILES string of the molecule is COOC=N[C@H](C(=O)N1CCC[C@H]1c1nc2ccc(C#Cc3ccc(-c4cnc([C@@H]5CCCN5C(=O)OC(C)(C)C)[nH]4)cc3)cc2[nH]1)C(C)C.S.S.S. The zero-order valence-electron chi connectivity index (χ0n) is 31.0. The Hall–Kier alpha value is -4.10. The van der Waals surface area contributed by atoms with E-state index in [9.17, 15) is 9.59 Å². The summed E-state index contributed by atoms with van der Waals surface area (Å²) in [6.07, 6.45) is 6.14. The number of hydrogen-bond donors (Lipinski definition) is 2. The molecule has 286 valence electrons. The Balaban J connectivity index is 0.00000252. The van der Waals surface area contributed by atoms with Crippen LogP contribution in [0.3, 0.4) is 0 Å². The van der Waals surface area contributed by atoms with Gasteiger partial charge in [0.05, 0.1) is 42.1 Å². The van der Waals surface area contributed by atoms with E-state index >= 15 is 0 Å². The molecule has 15 heteroatoms. The van der Waals surface area contributed by atoms with Crippen LogP contribution in [-0.2, 0) is 19.3 Å². The summed E-state index contributed by atoms with van der Waals surface area (Å²) in [6, 6.07) is 13.0. The number of aromatic nitrogens is 4. The topological polar surface area (TPSA) is 138 Å². The van der Waals surface area contributed by atoms with Crippen molar-refractivity contribution in [1.29, 1.82) is 0 Å². The van der Waals surface area contributed by atoms with Gasteiger partial charge in [-0.25, -0.2) is 19.8 Å². The molecule has 2 fully saturated rings. The maximum Gasteiger partial charge on any atom is 0.410 e. The molecular weight excluding hydrogens is 731 g/mol. The molecule has 4 aromatic rings. The number of carbonyl (C=O) groups excluding carboxylic acids is 2. The quantitative estimate of drug-likeness (QED) is 0.0642. The van der Waals surface area contributed by atoms with Crippen LogP contribution in [-0.4, -0.2) is 80.0 Å². The zero-order valence-corrected chi connectivity index (χ0v) is 34.0. The fraction of sp³-hybridized carbons (Fsp3) is 0.447. The van der Waals surface area contributed by atoms with Crippen molar-refractivity contribution in [2.24, 2.45) is 10.9 Å². The Bertz CT molecular complexity index is 1930. The van der Waals surface area contributed by atoms with Crippen LogP contribution < -0.4 is 0 Å². The van der Waals surface area contributed by atoms with Crippen molar-refractivity contribution in [2.45, 2.75) is 84.0 Å². The first-order valence-electron chi connectivity index (χ1n) is 17.2. The molecule has 2 amide bonds. The highest BCUT2D eigenvalue weighted by molar-refractivity contribution is 7.59. The van der Waals surface area contributed by atoms with Gasteiger partial charge in [-0.1, -0.05) is 37.8 Å². The van der Waals surface area contributed by atoms with Gasteiger partial charge in [0.2, 0.25) is 12.3 Å². The maximum atomic E-state index is 13.5. The van der Waals surface area contributed by atoms with Crippen molar-refractivity contribution in [3.8, 4) is 23.1 Å². The lowest BCUT2D eigenvalue weighted by molar-refractivity contribution is -0.188. The number of aromatic amines is 2. The molecule has 0 aliphatic carbocycles. The fourth-order valence-electron chi connectivity index (χ4n) is 6.52. The molecule has 0 radical (unpaired) electrons. The van der Waals surface area contributed by atoms with Crippen molar-refractivity contribution < 1.29 is 24.1 Å². The van der Waals surface area contributed by atoms with Gasteiger partial charge in [0.1, 0.15) is 23.3 Å². The van der Waals surface area contributed by atoms with E-state index in [4.69, 9.17) is 14.6 Å². The third kappa shape index (κ3) is 10.3. The monoisotopic (exact) mass is 781 g/mol. The number of fused-ring (bicyclic) bond motifs is 1.